The van der Waals surface area contributed by atoms with Crippen LogP contribution >= 0.6 is 0 Å². The van der Waals surface area contributed by atoms with Crippen LogP contribution in [0.15, 0.2) is 53.8 Å². The van der Waals surface area contributed by atoms with E-state index in [-0.39, 0.29) is 11.3 Å². The number of hydrogen-bond donors (Lipinski definition) is 1. The number of aromatic amines is 1. The van der Waals surface area contributed by atoms with Gasteiger partial charge in [-0.15, -0.1) is 0 Å². The van der Waals surface area contributed by atoms with E-state index in [1.165, 1.54) is 36.9 Å². The van der Waals surface area contributed by atoms with E-state index < -0.39 is 11.3 Å². The number of ketones is 1. The number of pyridine rings is 2. The second-order valence-electron chi connectivity index (χ2n) is 4.38. The van der Waals surface area contributed by atoms with Crippen LogP contribution in [0.25, 0.3) is 5.69 Å². The van der Waals surface area contributed by atoms with Crippen LogP contribution in [0.1, 0.15) is 35.5 Å². The van der Waals surface area contributed by atoms with Gasteiger partial charge in [0.1, 0.15) is 17.3 Å². The van der Waals surface area contributed by atoms with Crippen LogP contribution in [0.2, 0.25) is 0 Å². The summed E-state index contributed by atoms with van der Waals surface area (Å²) in [5.74, 6) is -0.520. The van der Waals surface area contributed by atoms with Gasteiger partial charge in [-0.25, -0.2) is 4.68 Å². The highest BCUT2D eigenvalue weighted by Gasteiger charge is 2.23. The lowest BCUT2D eigenvalue weighted by Crippen LogP contribution is -2.21. The number of H-pyrrole nitrogens is 1. The minimum atomic E-state index is -0.579. The molecule has 0 saturated carbocycles. The third kappa shape index (κ3) is 3.13. The zero-order valence-corrected chi connectivity index (χ0v) is 13.2. The van der Waals surface area contributed by atoms with Crippen LogP contribution < -0.4 is 5.56 Å². The molecule has 7 nitrogen and oxygen atoms in total. The predicted octanol–water partition coefficient (Wildman–Crippen LogP) is 2.08. The summed E-state index contributed by atoms with van der Waals surface area (Å²) in [5.41, 5.74) is -0.0616. The molecule has 1 N–H and O–H groups in total. The molecule has 0 aliphatic rings. The number of carbonyl (C=O) groups is 1. The molecule has 0 radical (unpaired) electrons. The zero-order valence-electron chi connectivity index (χ0n) is 13.2. The molecule has 0 fully saturated rings. The molecule has 0 saturated heterocycles. The Balaban J connectivity index is 0.00000100. The second kappa shape index (κ2) is 7.65. The molecule has 3 rings (SSSR count). The lowest BCUT2D eigenvalue weighted by molar-refractivity contribution is 0.103. The quantitative estimate of drug-likeness (QED) is 0.744. The number of nitrogens with zero attached hydrogens (tertiary/aromatic N) is 4. The van der Waals surface area contributed by atoms with Crippen LogP contribution in [-0.2, 0) is 0 Å². The van der Waals surface area contributed by atoms with Gasteiger partial charge in [0.15, 0.2) is 0 Å². The van der Waals surface area contributed by atoms with E-state index in [0.29, 0.717) is 11.3 Å². The van der Waals surface area contributed by atoms with Crippen molar-refractivity contribution in [2.24, 2.45) is 0 Å². The topological polar surface area (TPSA) is 104 Å². The lowest BCUT2D eigenvalue weighted by atomic mass is 10.1. The summed E-state index contributed by atoms with van der Waals surface area (Å²) in [6, 6.07) is 8.03. The third-order valence-electron chi connectivity index (χ3n) is 3.09. The van der Waals surface area contributed by atoms with Crippen molar-refractivity contribution in [3.63, 3.8) is 0 Å². The first kappa shape index (κ1) is 16.8. The van der Waals surface area contributed by atoms with E-state index in [4.69, 9.17) is 0 Å². The smallest absolute Gasteiger partial charge is 0.283 e. The number of rotatable bonds is 3. The van der Waals surface area contributed by atoms with E-state index >= 15 is 0 Å². The van der Waals surface area contributed by atoms with Crippen molar-refractivity contribution in [2.45, 2.75) is 13.8 Å². The largest absolute Gasteiger partial charge is 0.288 e. The van der Waals surface area contributed by atoms with Crippen LogP contribution in [0, 0.1) is 11.3 Å². The monoisotopic (exact) mass is 321 g/mol. The van der Waals surface area contributed by atoms with Crippen molar-refractivity contribution in [2.75, 3.05) is 0 Å². The molecule has 0 bridgehead atoms. The Morgan fingerprint density at radius 3 is 2.17 bits per heavy atom. The minimum Gasteiger partial charge on any atom is -0.288 e. The fourth-order valence-corrected chi connectivity index (χ4v) is 2.05. The van der Waals surface area contributed by atoms with Gasteiger partial charge in [0.25, 0.3) is 5.56 Å². The number of nitriles is 1. The molecule has 24 heavy (non-hydrogen) atoms. The fraction of sp³-hybridized carbons (Fsp3) is 0.118. The molecular weight excluding hydrogens is 306 g/mol. The molecule has 0 atom stereocenters. The van der Waals surface area contributed by atoms with Gasteiger partial charge in [-0.2, -0.15) is 5.26 Å². The average Bonchev–Trinajstić information content (AvgIpc) is 3.00. The Morgan fingerprint density at radius 1 is 1.08 bits per heavy atom. The van der Waals surface area contributed by atoms with Crippen molar-refractivity contribution < 1.29 is 4.79 Å². The van der Waals surface area contributed by atoms with E-state index in [2.05, 4.69) is 15.1 Å². The Hall–Kier alpha value is -3.53. The van der Waals surface area contributed by atoms with Gasteiger partial charge in [-0.1, -0.05) is 13.8 Å². The van der Waals surface area contributed by atoms with E-state index in [1.807, 2.05) is 19.9 Å². The highest BCUT2D eigenvalue weighted by atomic mass is 16.2. The molecular formula is C17H15N5O2. The van der Waals surface area contributed by atoms with Gasteiger partial charge >= 0.3 is 0 Å². The molecule has 3 aromatic rings. The highest BCUT2D eigenvalue weighted by Crippen LogP contribution is 2.11. The Kier molecular flexibility index (Phi) is 5.36. The Bertz CT molecular complexity index is 921. The summed E-state index contributed by atoms with van der Waals surface area (Å²) < 4.78 is 1.15. The van der Waals surface area contributed by atoms with E-state index in [9.17, 15) is 14.9 Å². The molecule has 120 valence electrons. The summed E-state index contributed by atoms with van der Waals surface area (Å²) in [4.78, 5) is 32.6. The van der Waals surface area contributed by atoms with Crippen molar-refractivity contribution in [3.05, 3.63) is 76.2 Å². The normalized spacial score (nSPS) is 9.54. The standard InChI is InChI=1S/C15H9N5O2.C2H6/c16-9-12-13(14(21)10-1-5-17-6-2-10)15(22)20(19-12)11-3-7-18-8-4-11;1-2/h1-8,19H;1-2H3. The number of aromatic nitrogens is 4. The summed E-state index contributed by atoms with van der Waals surface area (Å²) in [6.45, 7) is 4.00. The molecule has 0 aliphatic carbocycles. The molecule has 0 unspecified atom stereocenters. The van der Waals surface area contributed by atoms with Crippen molar-refractivity contribution >= 4 is 5.78 Å². The fourth-order valence-electron chi connectivity index (χ4n) is 2.05. The van der Waals surface area contributed by atoms with Crippen LogP contribution in [0.4, 0.5) is 0 Å². The number of nitrogens with one attached hydrogen (secondary N) is 1. The molecule has 3 heterocycles. The highest BCUT2D eigenvalue weighted by molar-refractivity contribution is 6.09. The van der Waals surface area contributed by atoms with Gasteiger partial charge < -0.3 is 0 Å². The molecule has 0 aliphatic heterocycles. The van der Waals surface area contributed by atoms with Gasteiger partial charge in [0.2, 0.25) is 5.78 Å². The first-order valence-electron chi connectivity index (χ1n) is 7.32. The first-order valence-corrected chi connectivity index (χ1v) is 7.32. The molecule has 0 aromatic carbocycles. The average molecular weight is 321 g/mol. The summed E-state index contributed by atoms with van der Waals surface area (Å²) in [7, 11) is 0. The minimum absolute atomic E-state index is 0.0800. The van der Waals surface area contributed by atoms with Crippen molar-refractivity contribution in [3.8, 4) is 11.8 Å². The van der Waals surface area contributed by atoms with Gasteiger partial charge in [-0.3, -0.25) is 24.7 Å². The van der Waals surface area contributed by atoms with Crippen molar-refractivity contribution in [1.82, 2.24) is 19.7 Å². The Labute approximate surface area is 138 Å². The Morgan fingerprint density at radius 2 is 1.62 bits per heavy atom. The molecule has 0 spiro atoms. The SMILES string of the molecule is CC.N#Cc1[nH]n(-c2ccncc2)c(=O)c1C(=O)c1ccncc1. The molecule has 7 heteroatoms. The number of hydrogen-bond acceptors (Lipinski definition) is 5. The van der Waals surface area contributed by atoms with Gasteiger partial charge in [-0.05, 0) is 24.3 Å². The second-order valence-corrected chi connectivity index (χ2v) is 4.38. The lowest BCUT2D eigenvalue weighted by Gasteiger charge is -1.99. The molecule has 0 amide bonds. The predicted molar refractivity (Wildman–Crippen MR) is 87.9 cm³/mol. The summed E-state index contributed by atoms with van der Waals surface area (Å²) in [6.07, 6.45) is 5.93. The summed E-state index contributed by atoms with van der Waals surface area (Å²) in [5, 5.41) is 11.8. The van der Waals surface area contributed by atoms with Crippen LogP contribution in [-0.4, -0.2) is 25.5 Å². The van der Waals surface area contributed by atoms with E-state index in [0.717, 1.165) is 4.68 Å². The van der Waals surface area contributed by atoms with Gasteiger partial charge in [0.05, 0.1) is 5.69 Å². The van der Waals surface area contributed by atoms with Crippen molar-refractivity contribution in [1.29, 1.82) is 5.26 Å². The maximum absolute atomic E-state index is 12.5. The third-order valence-corrected chi connectivity index (χ3v) is 3.09. The maximum Gasteiger partial charge on any atom is 0.283 e. The zero-order chi connectivity index (χ0) is 17.5. The summed E-state index contributed by atoms with van der Waals surface area (Å²) >= 11 is 0. The van der Waals surface area contributed by atoms with Crippen LogP contribution in [0.5, 0.6) is 0 Å². The van der Waals surface area contributed by atoms with E-state index in [1.54, 1.807) is 12.1 Å². The maximum atomic E-state index is 12.5. The van der Waals surface area contributed by atoms with Gasteiger partial charge in [0, 0.05) is 30.4 Å². The van der Waals surface area contributed by atoms with Crippen LogP contribution in [0.3, 0.4) is 0 Å². The first-order chi connectivity index (χ1) is 11.7. The number of carbonyl (C=O) groups excluding carboxylic acids is 1. The molecule has 3 aromatic heterocycles.